The fraction of sp³-hybridized carbons (Fsp3) is 0. The highest BCUT2D eigenvalue weighted by Gasteiger charge is 2.09. The van der Waals surface area contributed by atoms with Crippen LogP contribution in [0.5, 0.6) is 11.5 Å². The van der Waals surface area contributed by atoms with Crippen molar-refractivity contribution in [2.45, 2.75) is 0 Å². The second-order valence-electron chi connectivity index (χ2n) is 4.41. The average Bonchev–Trinajstić information content (AvgIpc) is 2.52. The molecule has 2 aromatic carbocycles. The highest BCUT2D eigenvalue weighted by molar-refractivity contribution is 9.10. The van der Waals surface area contributed by atoms with E-state index < -0.39 is 0 Å². The predicted molar refractivity (Wildman–Crippen MR) is 85.1 cm³/mol. The van der Waals surface area contributed by atoms with Gasteiger partial charge in [0, 0.05) is 11.6 Å². The van der Waals surface area contributed by atoms with Crippen LogP contribution in [0.3, 0.4) is 0 Å². The fourth-order valence-corrected chi connectivity index (χ4v) is 2.49. The van der Waals surface area contributed by atoms with Crippen LogP contribution in [0.2, 0.25) is 0 Å². The van der Waals surface area contributed by atoms with Crippen molar-refractivity contribution >= 4 is 32.5 Å². The summed E-state index contributed by atoms with van der Waals surface area (Å²) < 4.78 is 6.64. The highest BCUT2D eigenvalue weighted by Crippen LogP contribution is 2.35. The quantitative estimate of drug-likeness (QED) is 0.708. The van der Waals surface area contributed by atoms with Crippen LogP contribution in [0.4, 0.5) is 5.69 Å². The SMILES string of the molecule is N#Cc1ccc(Oc2ccc(N)c3ncccc23)c(Br)c1. The molecule has 0 aliphatic carbocycles. The molecule has 0 saturated heterocycles. The molecule has 21 heavy (non-hydrogen) atoms. The van der Waals surface area contributed by atoms with Crippen molar-refractivity contribution < 1.29 is 4.74 Å². The summed E-state index contributed by atoms with van der Waals surface area (Å²) >= 11 is 3.41. The van der Waals surface area contributed by atoms with Crippen molar-refractivity contribution in [2.75, 3.05) is 5.73 Å². The summed E-state index contributed by atoms with van der Waals surface area (Å²) in [6.45, 7) is 0. The van der Waals surface area contributed by atoms with Crippen molar-refractivity contribution in [3.63, 3.8) is 0 Å². The summed E-state index contributed by atoms with van der Waals surface area (Å²) in [4.78, 5) is 4.27. The number of aromatic nitrogens is 1. The Labute approximate surface area is 129 Å². The first-order valence-corrected chi connectivity index (χ1v) is 6.99. The molecule has 3 rings (SSSR count). The molecule has 1 aromatic heterocycles. The van der Waals surface area contributed by atoms with Gasteiger partial charge in [0.25, 0.3) is 0 Å². The molecule has 3 aromatic rings. The lowest BCUT2D eigenvalue weighted by molar-refractivity contribution is 0.485. The third-order valence-electron chi connectivity index (χ3n) is 3.04. The number of nitrogens with zero attached hydrogens (tertiary/aromatic N) is 2. The molecule has 0 bridgehead atoms. The van der Waals surface area contributed by atoms with Gasteiger partial charge in [-0.15, -0.1) is 0 Å². The molecule has 0 spiro atoms. The van der Waals surface area contributed by atoms with E-state index in [4.69, 9.17) is 15.7 Å². The van der Waals surface area contributed by atoms with Crippen LogP contribution >= 0.6 is 15.9 Å². The molecular formula is C16H10BrN3O. The van der Waals surface area contributed by atoms with Crippen LogP contribution in [-0.2, 0) is 0 Å². The topological polar surface area (TPSA) is 71.9 Å². The zero-order valence-corrected chi connectivity index (χ0v) is 12.5. The van der Waals surface area contributed by atoms with Crippen molar-refractivity contribution in [3.05, 3.63) is 58.7 Å². The molecule has 0 fully saturated rings. The Balaban J connectivity index is 2.07. The number of hydrogen-bond donors (Lipinski definition) is 1. The van der Waals surface area contributed by atoms with Gasteiger partial charge in [-0.25, -0.2) is 0 Å². The number of ether oxygens (including phenoxy) is 1. The summed E-state index contributed by atoms with van der Waals surface area (Å²) in [5.74, 6) is 1.29. The minimum absolute atomic E-state index is 0.568. The number of nitrogen functional groups attached to an aromatic ring is 1. The van der Waals surface area contributed by atoms with Crippen LogP contribution in [0, 0.1) is 11.3 Å². The third-order valence-corrected chi connectivity index (χ3v) is 3.66. The van der Waals surface area contributed by atoms with Crippen molar-refractivity contribution in [3.8, 4) is 17.6 Å². The summed E-state index contributed by atoms with van der Waals surface area (Å²) in [6.07, 6.45) is 1.69. The maximum atomic E-state index is 8.88. The zero-order valence-electron chi connectivity index (χ0n) is 10.9. The molecule has 0 aliphatic heterocycles. The van der Waals surface area contributed by atoms with Gasteiger partial charge >= 0.3 is 0 Å². The van der Waals surface area contributed by atoms with Gasteiger partial charge in [-0.3, -0.25) is 4.98 Å². The lowest BCUT2D eigenvalue weighted by Gasteiger charge is -2.11. The van der Waals surface area contributed by atoms with E-state index >= 15 is 0 Å². The summed E-state index contributed by atoms with van der Waals surface area (Å²) in [5.41, 5.74) is 7.81. The minimum Gasteiger partial charge on any atom is -0.455 e. The number of pyridine rings is 1. The number of anilines is 1. The Morgan fingerprint density at radius 2 is 1.95 bits per heavy atom. The molecule has 2 N–H and O–H groups in total. The Hall–Kier alpha value is -2.58. The van der Waals surface area contributed by atoms with Gasteiger partial charge in [-0.05, 0) is 58.4 Å². The molecule has 0 amide bonds. The molecule has 5 heteroatoms. The first-order valence-electron chi connectivity index (χ1n) is 6.20. The van der Waals surface area contributed by atoms with Crippen LogP contribution in [0.25, 0.3) is 10.9 Å². The van der Waals surface area contributed by atoms with Crippen molar-refractivity contribution in [1.82, 2.24) is 4.98 Å². The summed E-state index contributed by atoms with van der Waals surface area (Å²) in [7, 11) is 0. The van der Waals surface area contributed by atoms with Crippen LogP contribution in [0.1, 0.15) is 5.56 Å². The van der Waals surface area contributed by atoms with Gasteiger partial charge in [0.2, 0.25) is 0 Å². The normalized spacial score (nSPS) is 10.3. The van der Waals surface area contributed by atoms with Crippen LogP contribution in [0.15, 0.2) is 53.1 Å². The lowest BCUT2D eigenvalue weighted by Crippen LogP contribution is -1.93. The monoisotopic (exact) mass is 339 g/mol. The van der Waals surface area contributed by atoms with E-state index in [1.165, 1.54) is 0 Å². The van der Waals surface area contributed by atoms with E-state index in [9.17, 15) is 0 Å². The fourth-order valence-electron chi connectivity index (χ4n) is 2.03. The predicted octanol–water partition coefficient (Wildman–Crippen LogP) is 4.24. The zero-order chi connectivity index (χ0) is 14.8. The molecule has 0 atom stereocenters. The van der Waals surface area contributed by atoms with E-state index in [0.717, 1.165) is 9.86 Å². The Morgan fingerprint density at radius 1 is 1.14 bits per heavy atom. The minimum atomic E-state index is 0.568. The maximum absolute atomic E-state index is 8.88. The Kier molecular flexibility index (Phi) is 3.46. The number of hydrogen-bond acceptors (Lipinski definition) is 4. The Morgan fingerprint density at radius 3 is 2.71 bits per heavy atom. The second kappa shape index (κ2) is 5.43. The first-order chi connectivity index (χ1) is 10.2. The van der Waals surface area contributed by atoms with Gasteiger partial charge in [0.15, 0.2) is 0 Å². The van der Waals surface area contributed by atoms with E-state index in [1.807, 2.05) is 18.2 Å². The van der Waals surface area contributed by atoms with E-state index in [2.05, 4.69) is 27.0 Å². The maximum Gasteiger partial charge on any atom is 0.141 e. The van der Waals surface area contributed by atoms with Gasteiger partial charge < -0.3 is 10.5 Å². The molecule has 0 aliphatic rings. The van der Waals surface area contributed by atoms with E-state index in [-0.39, 0.29) is 0 Å². The van der Waals surface area contributed by atoms with Crippen molar-refractivity contribution in [1.29, 1.82) is 5.26 Å². The first kappa shape index (κ1) is 13.4. The largest absolute Gasteiger partial charge is 0.455 e. The molecule has 0 radical (unpaired) electrons. The van der Waals surface area contributed by atoms with Gasteiger partial charge in [0.05, 0.1) is 27.3 Å². The van der Waals surface area contributed by atoms with Gasteiger partial charge in [-0.2, -0.15) is 5.26 Å². The molecule has 4 nitrogen and oxygen atoms in total. The van der Waals surface area contributed by atoms with Gasteiger partial charge in [-0.1, -0.05) is 0 Å². The number of rotatable bonds is 2. The molecule has 0 unspecified atom stereocenters. The second-order valence-corrected chi connectivity index (χ2v) is 5.27. The number of halogens is 1. The van der Waals surface area contributed by atoms with Gasteiger partial charge in [0.1, 0.15) is 11.5 Å². The third kappa shape index (κ3) is 2.54. The highest BCUT2D eigenvalue weighted by atomic mass is 79.9. The number of benzene rings is 2. The lowest BCUT2D eigenvalue weighted by atomic mass is 10.1. The molecule has 0 saturated carbocycles. The number of fused-ring (bicyclic) bond motifs is 1. The van der Waals surface area contributed by atoms with E-state index in [0.29, 0.717) is 28.3 Å². The van der Waals surface area contributed by atoms with Crippen LogP contribution in [-0.4, -0.2) is 4.98 Å². The number of nitrogens with two attached hydrogens (primary N) is 1. The molecule has 102 valence electrons. The smallest absolute Gasteiger partial charge is 0.141 e. The standard InChI is InChI=1S/C16H10BrN3O/c17-12-8-10(9-18)3-5-15(12)21-14-6-4-13(19)16-11(14)2-1-7-20-16/h1-8H,19H2. The Bertz CT molecular complexity index is 871. The van der Waals surface area contributed by atoms with Crippen LogP contribution < -0.4 is 10.5 Å². The van der Waals surface area contributed by atoms with E-state index in [1.54, 1.807) is 30.5 Å². The molecule has 1 heterocycles. The van der Waals surface area contributed by atoms with Crippen molar-refractivity contribution in [2.24, 2.45) is 0 Å². The number of nitriles is 1. The average molecular weight is 340 g/mol. The summed E-state index contributed by atoms with van der Waals surface area (Å²) in [5, 5.41) is 9.72. The molecular weight excluding hydrogens is 330 g/mol. The summed E-state index contributed by atoms with van der Waals surface area (Å²) in [6, 6.07) is 14.6.